The highest BCUT2D eigenvalue weighted by atomic mass is 28.4. The standard InChI is InChI=1S/C38H80OSi4/c1-15-41(16-2,17-3)34-32-37(43(21-7,22-8)23-9)35-36(42(18-4,19-5)20-6)31-29-27-25-24-26-28-30-33-39-40(13,14)38(10,11)12/h31-32,34-35H,15-30,33H2,1-14H3/b34-32+,36-31-,37-35-. The third-order valence-electron chi connectivity index (χ3n) is 12.6. The Kier molecular flexibility index (Phi) is 21.0. The highest BCUT2D eigenvalue weighted by Gasteiger charge is 2.37. The van der Waals surface area contributed by atoms with Gasteiger partial charge in [-0.3, -0.25) is 0 Å². The van der Waals surface area contributed by atoms with E-state index in [-0.39, 0.29) is 0 Å². The van der Waals surface area contributed by atoms with Crippen molar-refractivity contribution in [2.45, 2.75) is 201 Å². The molecule has 0 aliphatic carbocycles. The second-order valence-electron chi connectivity index (χ2n) is 15.2. The van der Waals surface area contributed by atoms with Gasteiger partial charge in [0.1, 0.15) is 0 Å². The summed E-state index contributed by atoms with van der Waals surface area (Å²) in [5.74, 6) is 0. The largest absolute Gasteiger partial charge is 0.417 e. The number of hydrogen-bond acceptors (Lipinski definition) is 1. The number of rotatable bonds is 24. The minimum Gasteiger partial charge on any atom is -0.417 e. The first kappa shape index (κ1) is 43.0. The fourth-order valence-corrected chi connectivity index (χ4v) is 18.3. The Morgan fingerprint density at radius 1 is 0.558 bits per heavy atom. The van der Waals surface area contributed by atoms with Crippen LogP contribution in [0.2, 0.25) is 72.5 Å². The highest BCUT2D eigenvalue weighted by Crippen LogP contribution is 2.38. The van der Waals surface area contributed by atoms with Crippen LogP contribution in [0.25, 0.3) is 0 Å². The molecule has 0 aromatic carbocycles. The average Bonchev–Trinajstić information content (AvgIpc) is 3.00. The monoisotopic (exact) mass is 665 g/mol. The summed E-state index contributed by atoms with van der Waals surface area (Å²) in [7, 11) is -5.86. The molecule has 0 bridgehead atoms. The molecule has 5 heteroatoms. The van der Waals surface area contributed by atoms with E-state index >= 15 is 0 Å². The van der Waals surface area contributed by atoms with Gasteiger partial charge in [-0.25, -0.2) is 0 Å². The van der Waals surface area contributed by atoms with Crippen molar-refractivity contribution in [2.75, 3.05) is 6.61 Å². The van der Waals surface area contributed by atoms with Crippen LogP contribution in [0.15, 0.2) is 34.3 Å². The molecule has 0 unspecified atom stereocenters. The summed E-state index contributed by atoms with van der Waals surface area (Å²) in [6.45, 7) is 35.1. The molecule has 0 N–H and O–H groups in total. The molecule has 0 aromatic heterocycles. The van der Waals surface area contributed by atoms with Gasteiger partial charge in [-0.05, 0) is 37.4 Å². The summed E-state index contributed by atoms with van der Waals surface area (Å²) < 4.78 is 6.39. The second kappa shape index (κ2) is 21.0. The summed E-state index contributed by atoms with van der Waals surface area (Å²) >= 11 is 0. The van der Waals surface area contributed by atoms with E-state index in [1.807, 2.05) is 5.20 Å². The maximum absolute atomic E-state index is 6.39. The zero-order chi connectivity index (χ0) is 33.2. The van der Waals surface area contributed by atoms with Crippen LogP contribution in [-0.2, 0) is 4.43 Å². The van der Waals surface area contributed by atoms with Crippen LogP contribution in [0.3, 0.4) is 0 Å². The van der Waals surface area contributed by atoms with Crippen molar-refractivity contribution in [2.24, 2.45) is 0 Å². The van der Waals surface area contributed by atoms with Crippen molar-refractivity contribution in [1.82, 2.24) is 0 Å². The molecular formula is C38H80OSi4. The van der Waals surface area contributed by atoms with Crippen molar-refractivity contribution < 1.29 is 4.43 Å². The van der Waals surface area contributed by atoms with Crippen molar-refractivity contribution in [3.05, 3.63) is 34.3 Å². The van der Waals surface area contributed by atoms with Gasteiger partial charge in [-0.2, -0.15) is 0 Å². The Hall–Kier alpha value is 0.0475. The summed E-state index contributed by atoms with van der Waals surface area (Å²) in [6, 6.07) is 12.4. The Labute approximate surface area is 277 Å². The molecule has 254 valence electrons. The Balaban J connectivity index is 5.82. The maximum atomic E-state index is 6.39. The van der Waals surface area contributed by atoms with Gasteiger partial charge in [0.15, 0.2) is 8.32 Å². The lowest BCUT2D eigenvalue weighted by Gasteiger charge is -2.36. The summed E-state index contributed by atoms with van der Waals surface area (Å²) in [5.41, 5.74) is 2.80. The van der Waals surface area contributed by atoms with Crippen LogP contribution in [-0.4, -0.2) is 39.1 Å². The lowest BCUT2D eigenvalue weighted by Crippen LogP contribution is -2.40. The van der Waals surface area contributed by atoms with Gasteiger partial charge in [0.25, 0.3) is 0 Å². The fraction of sp³-hybridized carbons (Fsp3) is 0.842. The van der Waals surface area contributed by atoms with Crippen LogP contribution in [0.5, 0.6) is 0 Å². The van der Waals surface area contributed by atoms with E-state index < -0.39 is 32.5 Å². The third-order valence-corrected chi connectivity index (χ3v) is 33.4. The first-order valence-corrected chi connectivity index (χ1v) is 29.8. The molecule has 0 amide bonds. The van der Waals surface area contributed by atoms with Gasteiger partial charge in [0.05, 0.1) is 24.2 Å². The van der Waals surface area contributed by atoms with Crippen molar-refractivity contribution in [3.63, 3.8) is 0 Å². The van der Waals surface area contributed by atoms with Crippen LogP contribution in [0, 0.1) is 0 Å². The topological polar surface area (TPSA) is 9.23 Å². The summed E-state index contributed by atoms with van der Waals surface area (Å²) in [5, 5.41) is 3.93. The molecule has 0 atom stereocenters. The van der Waals surface area contributed by atoms with E-state index in [1.165, 1.54) is 99.3 Å². The molecule has 0 heterocycles. The van der Waals surface area contributed by atoms with E-state index in [0.29, 0.717) is 5.04 Å². The van der Waals surface area contributed by atoms with Gasteiger partial charge < -0.3 is 4.43 Å². The van der Waals surface area contributed by atoms with Crippen LogP contribution in [0.1, 0.15) is 128 Å². The Bertz CT molecular complexity index is 797. The second-order valence-corrected chi connectivity index (χ2v) is 35.7. The SMILES string of the molecule is CC[Si](/C=C/C(=C/C(=C/CCCCCCCCO[Si](C)(C)C(C)(C)C)[Si](CC)(CC)CC)[Si](CC)(CC)CC)(CC)CC. The lowest BCUT2D eigenvalue weighted by atomic mass is 10.1. The van der Waals surface area contributed by atoms with Gasteiger partial charge >= 0.3 is 0 Å². The van der Waals surface area contributed by atoms with E-state index in [1.54, 1.807) is 5.20 Å². The molecule has 0 radical (unpaired) electrons. The lowest BCUT2D eigenvalue weighted by molar-refractivity contribution is 0.277. The zero-order valence-electron chi connectivity index (χ0n) is 32.2. The molecule has 0 saturated heterocycles. The first-order chi connectivity index (χ1) is 20.2. The quantitative estimate of drug-likeness (QED) is 0.0567. The van der Waals surface area contributed by atoms with E-state index in [9.17, 15) is 0 Å². The van der Waals surface area contributed by atoms with Crippen LogP contribution in [0.4, 0.5) is 0 Å². The molecule has 0 aliphatic heterocycles. The van der Waals surface area contributed by atoms with E-state index in [0.717, 1.165) is 6.61 Å². The molecule has 0 spiro atoms. The number of unbranched alkanes of at least 4 members (excludes halogenated alkanes) is 6. The Morgan fingerprint density at radius 2 is 0.977 bits per heavy atom. The number of hydrogen-bond donors (Lipinski definition) is 0. The van der Waals surface area contributed by atoms with E-state index in [2.05, 4.69) is 120 Å². The zero-order valence-corrected chi connectivity index (χ0v) is 36.2. The molecule has 43 heavy (non-hydrogen) atoms. The number of allylic oxidation sites excluding steroid dienone is 5. The van der Waals surface area contributed by atoms with Crippen LogP contribution >= 0.6 is 0 Å². The van der Waals surface area contributed by atoms with Gasteiger partial charge in [-0.15, -0.1) is 0 Å². The van der Waals surface area contributed by atoms with Crippen molar-refractivity contribution >= 4 is 32.5 Å². The fourth-order valence-electron chi connectivity index (χ4n) is 6.82. The summed E-state index contributed by atoms with van der Waals surface area (Å²) in [6.07, 6.45) is 17.6. The van der Waals surface area contributed by atoms with Crippen LogP contribution < -0.4 is 0 Å². The molecule has 0 saturated carbocycles. The minimum absolute atomic E-state index is 0.319. The normalized spacial score (nSPS) is 14.7. The molecule has 0 rings (SSSR count). The van der Waals surface area contributed by atoms with Gasteiger partial charge in [0, 0.05) is 6.61 Å². The van der Waals surface area contributed by atoms with Crippen molar-refractivity contribution in [3.8, 4) is 0 Å². The molecular weight excluding hydrogens is 585 g/mol. The average molecular weight is 665 g/mol. The highest BCUT2D eigenvalue weighted by molar-refractivity contribution is 6.90. The predicted octanol–water partition coefficient (Wildman–Crippen LogP) is 14.3. The van der Waals surface area contributed by atoms with Crippen molar-refractivity contribution in [1.29, 1.82) is 0 Å². The maximum Gasteiger partial charge on any atom is 0.191 e. The smallest absolute Gasteiger partial charge is 0.191 e. The van der Waals surface area contributed by atoms with Gasteiger partial charge in [-0.1, -0.05) is 197 Å². The molecule has 1 nitrogen and oxygen atoms in total. The predicted molar refractivity (Wildman–Crippen MR) is 212 cm³/mol. The molecule has 0 fully saturated rings. The molecule has 0 aliphatic rings. The summed E-state index contributed by atoms with van der Waals surface area (Å²) in [4.78, 5) is 0. The third kappa shape index (κ3) is 13.0. The Morgan fingerprint density at radius 3 is 1.40 bits per heavy atom. The van der Waals surface area contributed by atoms with Gasteiger partial charge in [0.2, 0.25) is 0 Å². The first-order valence-electron chi connectivity index (χ1n) is 19.0. The minimum atomic E-state index is -1.59. The molecule has 0 aromatic rings. The van der Waals surface area contributed by atoms with E-state index in [4.69, 9.17) is 4.43 Å².